The van der Waals surface area contributed by atoms with Crippen LogP contribution in [-0.4, -0.2) is 42.2 Å². The Balaban J connectivity index is 2.16. The smallest absolute Gasteiger partial charge is 0.336 e. The molecule has 1 aromatic rings. The van der Waals surface area contributed by atoms with E-state index in [1.807, 2.05) is 12.1 Å². The fourth-order valence-corrected chi connectivity index (χ4v) is 2.36. The molecule has 0 aromatic heterocycles. The Labute approximate surface area is 109 Å². The lowest BCUT2D eigenvalue weighted by Gasteiger charge is -2.27. The molecule has 0 atom stereocenters. The first kappa shape index (κ1) is 12.5. The SMILES string of the molecule is O=C(O)c1cc(Br)ccc1CN1CCNCC1. The van der Waals surface area contributed by atoms with Gasteiger partial charge in [0.15, 0.2) is 0 Å². The van der Waals surface area contributed by atoms with E-state index in [0.29, 0.717) is 12.1 Å². The van der Waals surface area contributed by atoms with E-state index >= 15 is 0 Å². The Bertz CT molecular complexity index is 417. The predicted octanol–water partition coefficient (Wildman–Crippen LogP) is 1.55. The molecule has 1 fully saturated rings. The number of carboxylic acid groups (broad SMARTS) is 1. The fraction of sp³-hybridized carbons (Fsp3) is 0.417. The second kappa shape index (κ2) is 5.62. The minimum Gasteiger partial charge on any atom is -0.478 e. The van der Waals surface area contributed by atoms with E-state index in [1.165, 1.54) is 0 Å². The van der Waals surface area contributed by atoms with Crippen molar-refractivity contribution < 1.29 is 9.90 Å². The highest BCUT2D eigenvalue weighted by molar-refractivity contribution is 9.10. The van der Waals surface area contributed by atoms with Gasteiger partial charge in [-0.25, -0.2) is 4.79 Å². The number of rotatable bonds is 3. The zero-order valence-electron chi connectivity index (χ0n) is 9.45. The maximum atomic E-state index is 11.2. The Kier molecular flexibility index (Phi) is 4.15. The highest BCUT2D eigenvalue weighted by Crippen LogP contribution is 2.18. The predicted molar refractivity (Wildman–Crippen MR) is 69.2 cm³/mol. The Morgan fingerprint density at radius 2 is 2.12 bits per heavy atom. The van der Waals surface area contributed by atoms with E-state index in [-0.39, 0.29) is 0 Å². The third-order valence-electron chi connectivity index (χ3n) is 2.91. The third kappa shape index (κ3) is 3.28. The fourth-order valence-electron chi connectivity index (χ4n) is 2.00. The molecule has 1 aromatic carbocycles. The molecule has 1 aliphatic rings. The molecule has 2 rings (SSSR count). The molecular formula is C12H15BrN2O2. The van der Waals surface area contributed by atoms with Crippen molar-refractivity contribution in [3.63, 3.8) is 0 Å². The number of piperazine rings is 1. The highest BCUT2D eigenvalue weighted by Gasteiger charge is 2.15. The zero-order valence-corrected chi connectivity index (χ0v) is 11.0. The first-order chi connectivity index (χ1) is 8.16. The van der Waals surface area contributed by atoms with Gasteiger partial charge in [0, 0.05) is 37.2 Å². The molecule has 92 valence electrons. The van der Waals surface area contributed by atoms with Crippen molar-refractivity contribution in [3.05, 3.63) is 33.8 Å². The van der Waals surface area contributed by atoms with Gasteiger partial charge < -0.3 is 10.4 Å². The second-order valence-electron chi connectivity index (χ2n) is 4.13. The van der Waals surface area contributed by atoms with Crippen molar-refractivity contribution in [2.24, 2.45) is 0 Å². The molecule has 0 amide bonds. The number of hydrogen-bond acceptors (Lipinski definition) is 3. The average Bonchev–Trinajstić information content (AvgIpc) is 2.32. The molecule has 4 nitrogen and oxygen atoms in total. The van der Waals surface area contributed by atoms with E-state index in [9.17, 15) is 4.79 Å². The zero-order chi connectivity index (χ0) is 12.3. The van der Waals surface area contributed by atoms with Gasteiger partial charge in [0.1, 0.15) is 0 Å². The van der Waals surface area contributed by atoms with Gasteiger partial charge >= 0.3 is 5.97 Å². The van der Waals surface area contributed by atoms with Gasteiger partial charge in [0.2, 0.25) is 0 Å². The van der Waals surface area contributed by atoms with E-state index in [2.05, 4.69) is 26.1 Å². The molecule has 0 spiro atoms. The van der Waals surface area contributed by atoms with Crippen LogP contribution in [0.15, 0.2) is 22.7 Å². The lowest BCUT2D eigenvalue weighted by molar-refractivity contribution is 0.0694. The van der Waals surface area contributed by atoms with Gasteiger partial charge in [-0.3, -0.25) is 4.90 Å². The number of carbonyl (C=O) groups is 1. The summed E-state index contributed by atoms with van der Waals surface area (Å²) in [5.41, 5.74) is 1.26. The molecule has 17 heavy (non-hydrogen) atoms. The van der Waals surface area contributed by atoms with E-state index in [4.69, 9.17) is 5.11 Å². The van der Waals surface area contributed by atoms with Crippen LogP contribution in [0.2, 0.25) is 0 Å². The van der Waals surface area contributed by atoms with Crippen LogP contribution in [0.1, 0.15) is 15.9 Å². The summed E-state index contributed by atoms with van der Waals surface area (Å²) in [6.45, 7) is 4.58. The summed E-state index contributed by atoms with van der Waals surface area (Å²) >= 11 is 3.30. The summed E-state index contributed by atoms with van der Waals surface area (Å²) in [5, 5.41) is 12.4. The maximum Gasteiger partial charge on any atom is 0.336 e. The minimum atomic E-state index is -0.864. The topological polar surface area (TPSA) is 52.6 Å². The summed E-state index contributed by atoms with van der Waals surface area (Å²) < 4.78 is 0.805. The Hall–Kier alpha value is -0.910. The molecule has 1 saturated heterocycles. The van der Waals surface area contributed by atoms with Crippen molar-refractivity contribution in [2.75, 3.05) is 26.2 Å². The van der Waals surface area contributed by atoms with E-state index in [0.717, 1.165) is 36.2 Å². The maximum absolute atomic E-state index is 11.2. The van der Waals surface area contributed by atoms with Gasteiger partial charge in [0.05, 0.1) is 5.56 Å². The molecule has 5 heteroatoms. The molecule has 0 bridgehead atoms. The Morgan fingerprint density at radius 3 is 2.76 bits per heavy atom. The Morgan fingerprint density at radius 1 is 1.41 bits per heavy atom. The molecule has 2 N–H and O–H groups in total. The summed E-state index contributed by atoms with van der Waals surface area (Å²) in [5.74, 6) is -0.864. The van der Waals surface area contributed by atoms with Crippen molar-refractivity contribution >= 4 is 21.9 Å². The molecule has 0 aliphatic carbocycles. The molecule has 1 aliphatic heterocycles. The summed E-state index contributed by atoms with van der Waals surface area (Å²) in [7, 11) is 0. The summed E-state index contributed by atoms with van der Waals surface area (Å²) in [4.78, 5) is 13.4. The van der Waals surface area contributed by atoms with Gasteiger partial charge in [-0.2, -0.15) is 0 Å². The van der Waals surface area contributed by atoms with Gasteiger partial charge in [-0.05, 0) is 17.7 Å². The van der Waals surface area contributed by atoms with Crippen LogP contribution in [-0.2, 0) is 6.54 Å². The average molecular weight is 299 g/mol. The van der Waals surface area contributed by atoms with E-state index < -0.39 is 5.97 Å². The summed E-state index contributed by atoms with van der Waals surface area (Å²) in [6.07, 6.45) is 0. The molecule has 0 unspecified atom stereocenters. The van der Waals surface area contributed by atoms with Crippen LogP contribution < -0.4 is 5.32 Å². The number of halogens is 1. The lowest BCUT2D eigenvalue weighted by Crippen LogP contribution is -2.43. The summed E-state index contributed by atoms with van der Waals surface area (Å²) in [6, 6.07) is 5.44. The second-order valence-corrected chi connectivity index (χ2v) is 5.05. The third-order valence-corrected chi connectivity index (χ3v) is 3.40. The number of nitrogens with zero attached hydrogens (tertiary/aromatic N) is 1. The normalized spacial score (nSPS) is 17.0. The monoisotopic (exact) mass is 298 g/mol. The van der Waals surface area contributed by atoms with Gasteiger partial charge in [0.25, 0.3) is 0 Å². The number of hydrogen-bond donors (Lipinski definition) is 2. The van der Waals surface area contributed by atoms with Crippen LogP contribution in [0.3, 0.4) is 0 Å². The number of aromatic carboxylic acids is 1. The van der Waals surface area contributed by atoms with Crippen LogP contribution in [0.5, 0.6) is 0 Å². The van der Waals surface area contributed by atoms with Crippen molar-refractivity contribution in [3.8, 4) is 0 Å². The van der Waals surface area contributed by atoms with E-state index in [1.54, 1.807) is 6.07 Å². The number of benzene rings is 1. The van der Waals surface area contributed by atoms with Crippen molar-refractivity contribution in [1.82, 2.24) is 10.2 Å². The van der Waals surface area contributed by atoms with Crippen LogP contribution in [0.4, 0.5) is 0 Å². The standard InChI is InChI=1S/C12H15BrN2O2/c13-10-2-1-9(11(7-10)12(16)17)8-15-5-3-14-4-6-15/h1-2,7,14H,3-6,8H2,(H,16,17). The minimum absolute atomic E-state index is 0.387. The lowest BCUT2D eigenvalue weighted by atomic mass is 10.1. The first-order valence-corrected chi connectivity index (χ1v) is 6.41. The number of carboxylic acids is 1. The van der Waals surface area contributed by atoms with Crippen molar-refractivity contribution in [2.45, 2.75) is 6.54 Å². The molecule has 0 saturated carbocycles. The first-order valence-electron chi connectivity index (χ1n) is 5.61. The van der Waals surface area contributed by atoms with Gasteiger partial charge in [-0.15, -0.1) is 0 Å². The van der Waals surface area contributed by atoms with Crippen molar-refractivity contribution in [1.29, 1.82) is 0 Å². The largest absolute Gasteiger partial charge is 0.478 e. The molecule has 0 radical (unpaired) electrons. The van der Waals surface area contributed by atoms with Gasteiger partial charge in [-0.1, -0.05) is 22.0 Å². The molecular weight excluding hydrogens is 284 g/mol. The van der Waals surface area contributed by atoms with Crippen LogP contribution >= 0.6 is 15.9 Å². The number of nitrogens with one attached hydrogen (secondary N) is 1. The molecule has 1 heterocycles. The van der Waals surface area contributed by atoms with Crippen LogP contribution in [0.25, 0.3) is 0 Å². The quantitative estimate of drug-likeness (QED) is 0.889. The van der Waals surface area contributed by atoms with Crippen LogP contribution in [0, 0.1) is 0 Å². The highest BCUT2D eigenvalue weighted by atomic mass is 79.9.